The average Bonchev–Trinajstić information content (AvgIpc) is 2.09. The summed E-state index contributed by atoms with van der Waals surface area (Å²) in [5, 5.41) is 0. The molecule has 0 aliphatic carbocycles. The van der Waals surface area contributed by atoms with E-state index in [2.05, 4.69) is 6.92 Å². The fourth-order valence-electron chi connectivity index (χ4n) is 0.938. The molecule has 0 bridgehead atoms. The zero-order valence-electron chi connectivity index (χ0n) is 7.42. The van der Waals surface area contributed by atoms with E-state index < -0.39 is 0 Å². The maximum atomic E-state index is 5.68. The van der Waals surface area contributed by atoms with Gasteiger partial charge in [0.05, 0.1) is 6.61 Å². The van der Waals surface area contributed by atoms with Crippen molar-refractivity contribution < 1.29 is 4.74 Å². The van der Waals surface area contributed by atoms with Gasteiger partial charge in [-0.1, -0.05) is 37.0 Å². The average molecular weight is 160 g/mol. The second kappa shape index (κ2) is 4.86. The molecular formula is C10H13BO. The van der Waals surface area contributed by atoms with Crippen molar-refractivity contribution in [2.24, 2.45) is 0 Å². The predicted molar refractivity (Wildman–Crippen MR) is 52.2 cm³/mol. The van der Waals surface area contributed by atoms with Crippen molar-refractivity contribution in [2.45, 2.75) is 19.8 Å². The third-order valence-electron chi connectivity index (χ3n) is 1.67. The number of benzene rings is 1. The Bertz CT molecular complexity index is 235. The van der Waals surface area contributed by atoms with Gasteiger partial charge in [0.2, 0.25) is 0 Å². The fourth-order valence-corrected chi connectivity index (χ4v) is 0.938. The first-order valence-corrected chi connectivity index (χ1v) is 4.32. The van der Waals surface area contributed by atoms with Gasteiger partial charge in [-0.05, 0) is 12.5 Å². The molecule has 0 amide bonds. The van der Waals surface area contributed by atoms with Crippen molar-refractivity contribution in [3.63, 3.8) is 0 Å². The zero-order chi connectivity index (χ0) is 8.81. The number of para-hydroxylation sites is 1. The summed E-state index contributed by atoms with van der Waals surface area (Å²) < 4.78 is 5.45. The smallest absolute Gasteiger partial charge is 0.119 e. The normalized spacial score (nSPS) is 9.75. The highest BCUT2D eigenvalue weighted by Gasteiger charge is 1.94. The van der Waals surface area contributed by atoms with Crippen LogP contribution in [-0.2, 0) is 0 Å². The fraction of sp³-hybridized carbons (Fsp3) is 0.400. The Morgan fingerprint density at radius 1 is 1.33 bits per heavy atom. The van der Waals surface area contributed by atoms with E-state index in [1.165, 1.54) is 0 Å². The molecule has 0 N–H and O–H groups in total. The van der Waals surface area contributed by atoms with Crippen molar-refractivity contribution >= 4 is 13.3 Å². The Morgan fingerprint density at radius 2 is 2.08 bits per heavy atom. The van der Waals surface area contributed by atoms with Crippen LogP contribution in [0.1, 0.15) is 19.8 Å². The number of rotatable bonds is 4. The minimum absolute atomic E-state index is 0.716. The Labute approximate surface area is 75.2 Å². The van der Waals surface area contributed by atoms with Gasteiger partial charge < -0.3 is 4.74 Å². The lowest BCUT2D eigenvalue weighted by Crippen LogP contribution is -2.09. The molecule has 62 valence electrons. The van der Waals surface area contributed by atoms with Crippen molar-refractivity contribution in [3.8, 4) is 5.75 Å². The molecule has 0 heterocycles. The summed E-state index contributed by atoms with van der Waals surface area (Å²) in [6.45, 7) is 2.89. The number of ether oxygens (including phenoxy) is 1. The summed E-state index contributed by atoms with van der Waals surface area (Å²) in [5.74, 6) is 0.797. The predicted octanol–water partition coefficient (Wildman–Crippen LogP) is 1.66. The Morgan fingerprint density at radius 3 is 2.75 bits per heavy atom. The number of hydrogen-bond acceptors (Lipinski definition) is 1. The molecule has 1 rings (SSSR count). The molecule has 0 fully saturated rings. The first-order valence-electron chi connectivity index (χ1n) is 4.32. The minimum Gasteiger partial charge on any atom is -0.494 e. The van der Waals surface area contributed by atoms with Gasteiger partial charge in [-0.3, -0.25) is 0 Å². The molecule has 12 heavy (non-hydrogen) atoms. The lowest BCUT2D eigenvalue weighted by Gasteiger charge is -2.07. The highest BCUT2D eigenvalue weighted by Crippen LogP contribution is 2.05. The molecule has 0 aliphatic heterocycles. The van der Waals surface area contributed by atoms with Crippen molar-refractivity contribution in [2.75, 3.05) is 6.61 Å². The summed E-state index contributed by atoms with van der Waals surface area (Å²) in [7, 11) is 5.68. The summed E-state index contributed by atoms with van der Waals surface area (Å²) in [4.78, 5) is 0. The van der Waals surface area contributed by atoms with E-state index in [-0.39, 0.29) is 0 Å². The molecule has 0 aromatic heterocycles. The zero-order valence-corrected chi connectivity index (χ0v) is 7.42. The summed E-state index contributed by atoms with van der Waals surface area (Å²) >= 11 is 0. The molecule has 2 heteroatoms. The van der Waals surface area contributed by atoms with Crippen LogP contribution in [0.25, 0.3) is 0 Å². The summed E-state index contributed by atoms with van der Waals surface area (Å²) in [6.07, 6.45) is 2.22. The van der Waals surface area contributed by atoms with E-state index in [0.29, 0.717) is 5.46 Å². The second-order valence-corrected chi connectivity index (χ2v) is 2.74. The van der Waals surface area contributed by atoms with Crippen LogP contribution < -0.4 is 10.2 Å². The SMILES string of the molecule is [B]c1ccccc1OCCCC. The van der Waals surface area contributed by atoms with Gasteiger partial charge >= 0.3 is 0 Å². The first-order chi connectivity index (χ1) is 5.84. The molecule has 1 aromatic carbocycles. The third kappa shape index (κ3) is 2.61. The lowest BCUT2D eigenvalue weighted by atomic mass is 9.95. The molecular weight excluding hydrogens is 147 g/mol. The molecule has 0 unspecified atom stereocenters. The van der Waals surface area contributed by atoms with Crippen molar-refractivity contribution in [1.82, 2.24) is 0 Å². The largest absolute Gasteiger partial charge is 0.494 e. The van der Waals surface area contributed by atoms with Gasteiger partial charge in [0.25, 0.3) is 0 Å². The maximum Gasteiger partial charge on any atom is 0.119 e. The van der Waals surface area contributed by atoms with Crippen LogP contribution in [0, 0.1) is 0 Å². The lowest BCUT2D eigenvalue weighted by molar-refractivity contribution is 0.312. The van der Waals surface area contributed by atoms with E-state index >= 15 is 0 Å². The van der Waals surface area contributed by atoms with Gasteiger partial charge in [0.1, 0.15) is 13.6 Å². The van der Waals surface area contributed by atoms with E-state index in [4.69, 9.17) is 12.6 Å². The van der Waals surface area contributed by atoms with E-state index in [1.807, 2.05) is 24.3 Å². The van der Waals surface area contributed by atoms with Crippen LogP contribution in [0.15, 0.2) is 24.3 Å². The Hall–Kier alpha value is -0.915. The van der Waals surface area contributed by atoms with Gasteiger partial charge in [-0.15, -0.1) is 0 Å². The Kier molecular flexibility index (Phi) is 3.72. The molecule has 1 aromatic rings. The quantitative estimate of drug-likeness (QED) is 0.480. The van der Waals surface area contributed by atoms with E-state index in [1.54, 1.807) is 0 Å². The van der Waals surface area contributed by atoms with E-state index in [9.17, 15) is 0 Å². The van der Waals surface area contributed by atoms with Crippen LogP contribution in [-0.4, -0.2) is 14.5 Å². The first kappa shape index (κ1) is 9.18. The molecule has 1 nitrogen and oxygen atoms in total. The molecule has 0 spiro atoms. The van der Waals surface area contributed by atoms with Gasteiger partial charge in [0, 0.05) is 0 Å². The van der Waals surface area contributed by atoms with Gasteiger partial charge in [-0.2, -0.15) is 0 Å². The Balaban J connectivity index is 2.46. The minimum atomic E-state index is 0.716. The van der Waals surface area contributed by atoms with Gasteiger partial charge in [-0.25, -0.2) is 0 Å². The number of hydrogen-bond donors (Lipinski definition) is 0. The third-order valence-corrected chi connectivity index (χ3v) is 1.67. The van der Waals surface area contributed by atoms with Crippen LogP contribution >= 0.6 is 0 Å². The summed E-state index contributed by atoms with van der Waals surface area (Å²) in [6, 6.07) is 7.58. The summed E-state index contributed by atoms with van der Waals surface area (Å²) in [5.41, 5.74) is 0.716. The molecule has 2 radical (unpaired) electrons. The molecule has 0 atom stereocenters. The van der Waals surface area contributed by atoms with Crippen molar-refractivity contribution in [1.29, 1.82) is 0 Å². The maximum absolute atomic E-state index is 5.68. The molecule has 0 aliphatic rings. The van der Waals surface area contributed by atoms with Gasteiger partial charge in [0.15, 0.2) is 0 Å². The molecule has 0 saturated carbocycles. The van der Waals surface area contributed by atoms with Crippen molar-refractivity contribution in [3.05, 3.63) is 24.3 Å². The number of unbranched alkanes of at least 4 members (excludes halogenated alkanes) is 1. The van der Waals surface area contributed by atoms with E-state index in [0.717, 1.165) is 25.2 Å². The van der Waals surface area contributed by atoms with Crippen LogP contribution in [0.5, 0.6) is 5.75 Å². The van der Waals surface area contributed by atoms with Crippen LogP contribution in [0.2, 0.25) is 0 Å². The monoisotopic (exact) mass is 160 g/mol. The highest BCUT2D eigenvalue weighted by molar-refractivity contribution is 6.34. The molecule has 0 saturated heterocycles. The second-order valence-electron chi connectivity index (χ2n) is 2.74. The topological polar surface area (TPSA) is 9.23 Å². The van der Waals surface area contributed by atoms with Crippen LogP contribution in [0.4, 0.5) is 0 Å². The standard InChI is InChI=1S/C10H13BO/c1-2-3-8-12-10-7-5-4-6-9(10)11/h4-7H,2-3,8H2,1H3. The highest BCUT2D eigenvalue weighted by atomic mass is 16.5. The van der Waals surface area contributed by atoms with Crippen LogP contribution in [0.3, 0.4) is 0 Å².